The minimum absolute atomic E-state index is 0.0443. The van der Waals surface area contributed by atoms with Crippen LogP contribution in [0.25, 0.3) is 16.5 Å². The Morgan fingerprint density at radius 3 is 2.66 bits per heavy atom. The Hall–Kier alpha value is -3.85. The number of hydrogen-bond acceptors (Lipinski definition) is 9. The van der Waals surface area contributed by atoms with Gasteiger partial charge in [0.2, 0.25) is 0 Å². The summed E-state index contributed by atoms with van der Waals surface area (Å²) in [4.78, 5) is 28.6. The van der Waals surface area contributed by atoms with Crippen molar-refractivity contribution in [3.8, 4) is 16.5 Å². The third-order valence-corrected chi connectivity index (χ3v) is 8.39. The van der Waals surface area contributed by atoms with Crippen molar-refractivity contribution >= 4 is 28.7 Å². The molecule has 216 valence electrons. The second-order valence-electron chi connectivity index (χ2n) is 10.8. The molecule has 1 saturated carbocycles. The number of imidazole rings is 1. The lowest BCUT2D eigenvalue weighted by Crippen LogP contribution is -2.42. The number of hydrogen-bond donors (Lipinski definition) is 2. The number of thiazole rings is 1. The first kappa shape index (κ1) is 27.3. The molecule has 1 saturated heterocycles. The van der Waals surface area contributed by atoms with Crippen LogP contribution in [0.2, 0.25) is 0 Å². The van der Waals surface area contributed by atoms with Crippen LogP contribution < -0.4 is 10.2 Å². The van der Waals surface area contributed by atoms with Gasteiger partial charge in [-0.3, -0.25) is 9.36 Å². The Bertz CT molecular complexity index is 1560. The topological polar surface area (TPSA) is 127 Å². The molecule has 1 aliphatic heterocycles. The van der Waals surface area contributed by atoms with Crippen LogP contribution in [-0.2, 0) is 0 Å². The number of aliphatic hydroxyl groups is 1. The van der Waals surface area contributed by atoms with E-state index in [4.69, 9.17) is 0 Å². The van der Waals surface area contributed by atoms with Gasteiger partial charge >= 0.3 is 6.18 Å². The number of aromatic nitrogens is 7. The van der Waals surface area contributed by atoms with Gasteiger partial charge in [-0.15, -0.1) is 21.5 Å². The molecular formula is C26H28F3N9O2S. The van der Waals surface area contributed by atoms with Gasteiger partial charge in [-0.1, -0.05) is 0 Å². The van der Waals surface area contributed by atoms with Crippen LogP contribution in [-0.4, -0.2) is 70.2 Å². The van der Waals surface area contributed by atoms with Gasteiger partial charge < -0.3 is 19.9 Å². The number of nitrogens with one attached hydrogen (secondary N) is 1. The highest BCUT2D eigenvalue weighted by Gasteiger charge is 2.39. The Balaban J connectivity index is 1.25. The van der Waals surface area contributed by atoms with Crippen LogP contribution in [0.5, 0.6) is 0 Å². The van der Waals surface area contributed by atoms with Crippen molar-refractivity contribution in [3.05, 3.63) is 47.9 Å². The van der Waals surface area contributed by atoms with Gasteiger partial charge in [0.25, 0.3) is 5.91 Å². The van der Waals surface area contributed by atoms with E-state index in [0.717, 1.165) is 59.1 Å². The highest BCUT2D eigenvalue weighted by molar-refractivity contribution is 7.13. The standard InChI is InChI=1S/C26H28F3N9O2S/c1-15(26(27,28)29)38-14-32-35-22(38)24-34-21(12-41-24)33-23(39)17-9-19(37-11-18(31-13-37)16-3-4-16)20(10-30-17)36-7-5-25(2,40)6-8-36/h9-16,40H,3-8H2,1-2H3,(H,33,39)/t15-/m0/s1. The molecule has 0 aromatic carbocycles. The third-order valence-electron chi connectivity index (χ3n) is 7.55. The Labute approximate surface area is 237 Å². The summed E-state index contributed by atoms with van der Waals surface area (Å²) >= 11 is 1.04. The van der Waals surface area contributed by atoms with E-state index in [1.807, 2.05) is 17.7 Å². The lowest BCUT2D eigenvalue weighted by atomic mass is 9.93. The number of carbonyl (C=O) groups is 1. The zero-order valence-corrected chi connectivity index (χ0v) is 23.2. The predicted molar refractivity (Wildman–Crippen MR) is 145 cm³/mol. The highest BCUT2D eigenvalue weighted by Crippen LogP contribution is 2.40. The van der Waals surface area contributed by atoms with Gasteiger partial charge in [-0.25, -0.2) is 15.0 Å². The summed E-state index contributed by atoms with van der Waals surface area (Å²) in [5.41, 5.74) is 1.98. The van der Waals surface area contributed by atoms with Crippen molar-refractivity contribution in [3.63, 3.8) is 0 Å². The van der Waals surface area contributed by atoms with Crippen LogP contribution in [0.1, 0.15) is 67.7 Å². The molecule has 41 heavy (non-hydrogen) atoms. The summed E-state index contributed by atoms with van der Waals surface area (Å²) in [6.45, 7) is 4.11. The molecule has 0 spiro atoms. The minimum Gasteiger partial charge on any atom is -0.390 e. The average molecular weight is 588 g/mol. The molecule has 0 unspecified atom stereocenters. The first-order chi connectivity index (χ1) is 19.5. The van der Waals surface area contributed by atoms with E-state index in [0.29, 0.717) is 31.8 Å². The smallest absolute Gasteiger partial charge is 0.390 e. The van der Waals surface area contributed by atoms with Crippen molar-refractivity contribution in [2.75, 3.05) is 23.3 Å². The minimum atomic E-state index is -4.48. The van der Waals surface area contributed by atoms with Crippen molar-refractivity contribution in [1.82, 2.24) is 34.3 Å². The summed E-state index contributed by atoms with van der Waals surface area (Å²) in [6, 6.07) is -0.157. The molecular weight excluding hydrogens is 559 g/mol. The van der Waals surface area contributed by atoms with E-state index in [1.54, 1.807) is 18.6 Å². The number of amides is 1. The molecule has 15 heteroatoms. The largest absolute Gasteiger partial charge is 0.408 e. The maximum absolute atomic E-state index is 13.3. The predicted octanol–water partition coefficient (Wildman–Crippen LogP) is 4.59. The molecule has 0 radical (unpaired) electrons. The summed E-state index contributed by atoms with van der Waals surface area (Å²) in [5.74, 6) is 0.0489. The molecule has 11 nitrogen and oxygen atoms in total. The molecule has 2 fully saturated rings. The third kappa shape index (κ3) is 5.68. The fraction of sp³-hybridized carbons (Fsp3) is 0.462. The fourth-order valence-corrected chi connectivity index (χ4v) is 5.49. The Morgan fingerprint density at radius 2 is 1.95 bits per heavy atom. The van der Waals surface area contributed by atoms with Crippen molar-refractivity contribution in [1.29, 1.82) is 0 Å². The maximum atomic E-state index is 13.3. The molecule has 2 aliphatic rings. The van der Waals surface area contributed by atoms with Gasteiger partial charge in [0.05, 0.1) is 35.2 Å². The summed E-state index contributed by atoms with van der Waals surface area (Å²) < 4.78 is 42.6. The highest BCUT2D eigenvalue weighted by atomic mass is 32.1. The van der Waals surface area contributed by atoms with Gasteiger partial charge in [0.1, 0.15) is 23.9 Å². The number of anilines is 2. The van der Waals surface area contributed by atoms with E-state index < -0.39 is 23.7 Å². The summed E-state index contributed by atoms with van der Waals surface area (Å²) in [6.07, 6.45) is 5.31. The number of pyridine rings is 1. The molecule has 1 amide bonds. The van der Waals surface area contributed by atoms with Crippen LogP contribution in [0.3, 0.4) is 0 Å². The van der Waals surface area contributed by atoms with E-state index in [1.165, 1.54) is 5.38 Å². The van der Waals surface area contributed by atoms with E-state index in [9.17, 15) is 23.1 Å². The van der Waals surface area contributed by atoms with Crippen molar-refractivity contribution in [2.45, 2.75) is 63.3 Å². The Kier molecular flexibility index (Phi) is 6.80. The van der Waals surface area contributed by atoms with Gasteiger partial charge in [0, 0.05) is 30.6 Å². The van der Waals surface area contributed by atoms with Crippen molar-refractivity contribution < 1.29 is 23.1 Å². The number of piperidine rings is 1. The molecule has 0 bridgehead atoms. The average Bonchev–Trinajstić information content (AvgIpc) is 3.30. The lowest BCUT2D eigenvalue weighted by Gasteiger charge is -2.37. The molecule has 4 aromatic heterocycles. The maximum Gasteiger partial charge on any atom is 0.408 e. The van der Waals surface area contributed by atoms with Crippen LogP contribution in [0.15, 0.2) is 36.5 Å². The zero-order chi connectivity index (χ0) is 28.9. The lowest BCUT2D eigenvalue weighted by molar-refractivity contribution is -0.162. The van der Waals surface area contributed by atoms with Crippen LogP contribution in [0, 0.1) is 0 Å². The van der Waals surface area contributed by atoms with Crippen LogP contribution >= 0.6 is 11.3 Å². The summed E-state index contributed by atoms with van der Waals surface area (Å²) in [7, 11) is 0. The molecule has 2 N–H and O–H groups in total. The SMILES string of the molecule is C[C@H](n1cnnc1-c1nc(NC(=O)c2cc(-n3cnc(C4CC4)c3)c(N3CCC(C)(O)CC3)cn2)cs1)C(F)(F)F. The summed E-state index contributed by atoms with van der Waals surface area (Å²) in [5, 5.41) is 22.2. The zero-order valence-electron chi connectivity index (χ0n) is 22.3. The quantitative estimate of drug-likeness (QED) is 0.322. The fourth-order valence-electron chi connectivity index (χ4n) is 4.75. The number of halogens is 3. The number of carbonyl (C=O) groups excluding carboxylic acids is 1. The van der Waals surface area contributed by atoms with Gasteiger partial charge in [-0.2, -0.15) is 13.2 Å². The normalized spacial score (nSPS) is 18.0. The Morgan fingerprint density at radius 1 is 1.20 bits per heavy atom. The second-order valence-corrected chi connectivity index (χ2v) is 11.7. The first-order valence-electron chi connectivity index (χ1n) is 13.2. The van der Waals surface area contributed by atoms with Gasteiger partial charge in [-0.05, 0) is 45.6 Å². The number of nitrogens with zero attached hydrogens (tertiary/aromatic N) is 8. The molecule has 6 rings (SSSR count). The van der Waals surface area contributed by atoms with E-state index in [2.05, 4.69) is 35.4 Å². The molecule has 4 aromatic rings. The second kappa shape index (κ2) is 10.2. The van der Waals surface area contributed by atoms with E-state index >= 15 is 0 Å². The van der Waals surface area contributed by atoms with Gasteiger partial charge in [0.15, 0.2) is 10.8 Å². The molecule has 1 aliphatic carbocycles. The van der Waals surface area contributed by atoms with Crippen molar-refractivity contribution in [2.24, 2.45) is 0 Å². The monoisotopic (exact) mass is 587 g/mol. The van der Waals surface area contributed by atoms with Crippen LogP contribution in [0.4, 0.5) is 24.7 Å². The molecule has 1 atom stereocenters. The number of rotatable bonds is 7. The van der Waals surface area contributed by atoms with E-state index in [-0.39, 0.29) is 22.3 Å². The molecule has 5 heterocycles. The first-order valence-corrected chi connectivity index (χ1v) is 14.1. The number of alkyl halides is 3.